The second-order valence-corrected chi connectivity index (χ2v) is 10.2. The normalized spacial score (nSPS) is 17.5. The molecule has 4 rings (SSSR count). The highest BCUT2D eigenvalue weighted by atomic mass is 35.5. The number of aryl methyl sites for hydroxylation is 2. The van der Waals surface area contributed by atoms with Gasteiger partial charge in [-0.1, -0.05) is 35.7 Å². The van der Waals surface area contributed by atoms with Crippen LogP contribution in [-0.4, -0.2) is 43.2 Å². The van der Waals surface area contributed by atoms with Crippen molar-refractivity contribution in [2.45, 2.75) is 58.2 Å². The molecule has 0 aliphatic heterocycles. The maximum Gasteiger partial charge on any atom is 0.332 e. The largest absolute Gasteiger partial charge is 0.466 e. The Labute approximate surface area is 228 Å². The molecule has 13 heteroatoms. The SMILES string of the molecule is CCOC(=O)C1CCCC(Nc2nc3c(c(=O)n(Cc4ccc(Cl)c(Cl)c4)c(=O)n3C)n2CCC(N)=O)C1. The Balaban J connectivity index is 1.76. The fourth-order valence-corrected chi connectivity index (χ4v) is 5.18. The smallest absolute Gasteiger partial charge is 0.332 e. The summed E-state index contributed by atoms with van der Waals surface area (Å²) in [5, 5.41) is 4.01. The van der Waals surface area contributed by atoms with Crippen LogP contribution in [0.2, 0.25) is 10.0 Å². The van der Waals surface area contributed by atoms with Crippen molar-refractivity contribution in [1.82, 2.24) is 18.7 Å². The third kappa shape index (κ3) is 5.73. The van der Waals surface area contributed by atoms with E-state index in [0.717, 1.165) is 23.8 Å². The van der Waals surface area contributed by atoms with Crippen molar-refractivity contribution in [2.75, 3.05) is 11.9 Å². The van der Waals surface area contributed by atoms with E-state index in [4.69, 9.17) is 33.7 Å². The second-order valence-electron chi connectivity index (χ2n) is 9.41. The van der Waals surface area contributed by atoms with Crippen molar-refractivity contribution < 1.29 is 14.3 Å². The number of anilines is 1. The molecular weight excluding hydrogens is 535 g/mol. The van der Waals surface area contributed by atoms with Gasteiger partial charge in [-0.3, -0.25) is 23.5 Å². The van der Waals surface area contributed by atoms with Gasteiger partial charge in [-0.25, -0.2) is 4.79 Å². The van der Waals surface area contributed by atoms with Crippen molar-refractivity contribution in [3.8, 4) is 0 Å². The van der Waals surface area contributed by atoms with Crippen LogP contribution in [0.3, 0.4) is 0 Å². The lowest BCUT2D eigenvalue weighted by molar-refractivity contribution is -0.149. The van der Waals surface area contributed by atoms with E-state index in [2.05, 4.69) is 10.3 Å². The molecule has 1 saturated carbocycles. The number of esters is 1. The van der Waals surface area contributed by atoms with Crippen LogP contribution in [-0.2, 0) is 34.5 Å². The summed E-state index contributed by atoms with van der Waals surface area (Å²) in [6, 6.07) is 4.77. The number of nitrogens with two attached hydrogens (primary N) is 1. The molecule has 0 bridgehead atoms. The Kier molecular flexibility index (Phi) is 8.47. The number of hydrogen-bond acceptors (Lipinski definition) is 7. The number of amides is 1. The number of carbonyl (C=O) groups excluding carboxylic acids is 2. The molecule has 3 aromatic rings. The highest BCUT2D eigenvalue weighted by Crippen LogP contribution is 2.29. The van der Waals surface area contributed by atoms with E-state index in [-0.39, 0.29) is 48.6 Å². The van der Waals surface area contributed by atoms with Crippen molar-refractivity contribution in [1.29, 1.82) is 0 Å². The van der Waals surface area contributed by atoms with Crippen molar-refractivity contribution in [3.05, 3.63) is 54.6 Å². The van der Waals surface area contributed by atoms with Gasteiger partial charge in [0.2, 0.25) is 11.9 Å². The summed E-state index contributed by atoms with van der Waals surface area (Å²) in [5.74, 6) is -0.680. The summed E-state index contributed by atoms with van der Waals surface area (Å²) in [7, 11) is 1.53. The maximum atomic E-state index is 13.7. The molecule has 0 spiro atoms. The lowest BCUT2D eigenvalue weighted by atomic mass is 9.86. The fourth-order valence-electron chi connectivity index (χ4n) is 4.86. The molecule has 2 unspecified atom stereocenters. The van der Waals surface area contributed by atoms with Gasteiger partial charge in [-0.2, -0.15) is 4.98 Å². The van der Waals surface area contributed by atoms with Gasteiger partial charge in [0.15, 0.2) is 11.2 Å². The van der Waals surface area contributed by atoms with Gasteiger partial charge in [0.1, 0.15) is 0 Å². The Morgan fingerprint density at radius 3 is 2.63 bits per heavy atom. The Morgan fingerprint density at radius 1 is 1.18 bits per heavy atom. The monoisotopic (exact) mass is 564 g/mol. The Hall–Kier alpha value is -3.31. The predicted octanol–water partition coefficient (Wildman–Crippen LogP) is 2.66. The number of primary amides is 1. The number of hydrogen-bond donors (Lipinski definition) is 2. The molecule has 2 aromatic heterocycles. The minimum absolute atomic E-state index is 0.0358. The van der Waals surface area contributed by atoms with Crippen LogP contribution >= 0.6 is 23.2 Å². The van der Waals surface area contributed by atoms with Crippen LogP contribution < -0.4 is 22.3 Å². The summed E-state index contributed by atoms with van der Waals surface area (Å²) in [5.41, 5.74) is 5.25. The zero-order valence-corrected chi connectivity index (χ0v) is 22.7. The average molecular weight is 565 g/mol. The summed E-state index contributed by atoms with van der Waals surface area (Å²) in [4.78, 5) is 55.4. The van der Waals surface area contributed by atoms with Crippen LogP contribution in [0.1, 0.15) is 44.6 Å². The van der Waals surface area contributed by atoms with Crippen molar-refractivity contribution >= 4 is 52.2 Å². The van der Waals surface area contributed by atoms with E-state index in [9.17, 15) is 19.2 Å². The first-order valence-corrected chi connectivity index (χ1v) is 13.2. The van der Waals surface area contributed by atoms with Gasteiger partial charge < -0.3 is 20.4 Å². The number of fused-ring (bicyclic) bond motifs is 1. The summed E-state index contributed by atoms with van der Waals surface area (Å²) >= 11 is 12.1. The van der Waals surface area contributed by atoms with E-state index in [0.29, 0.717) is 34.6 Å². The first-order chi connectivity index (χ1) is 18.1. The fraction of sp³-hybridized carbons (Fsp3) is 0.480. The number of carbonyl (C=O) groups is 2. The highest BCUT2D eigenvalue weighted by Gasteiger charge is 2.30. The molecule has 1 amide bonds. The number of nitrogens with zero attached hydrogens (tertiary/aromatic N) is 4. The molecule has 38 heavy (non-hydrogen) atoms. The van der Waals surface area contributed by atoms with Crippen LogP contribution in [0, 0.1) is 5.92 Å². The summed E-state index contributed by atoms with van der Waals surface area (Å²) in [6.07, 6.45) is 2.85. The third-order valence-electron chi connectivity index (χ3n) is 6.77. The van der Waals surface area contributed by atoms with Crippen LogP contribution in [0.15, 0.2) is 27.8 Å². The minimum atomic E-state index is -0.563. The molecule has 0 saturated heterocycles. The molecule has 3 N–H and O–H groups in total. The summed E-state index contributed by atoms with van der Waals surface area (Å²) < 4.78 is 9.17. The molecule has 1 aliphatic carbocycles. The number of imidazole rings is 1. The highest BCUT2D eigenvalue weighted by molar-refractivity contribution is 6.42. The lowest BCUT2D eigenvalue weighted by Gasteiger charge is -2.28. The molecule has 0 radical (unpaired) electrons. The van der Waals surface area contributed by atoms with Crippen LogP contribution in [0.4, 0.5) is 5.95 Å². The Bertz CT molecular complexity index is 1490. The molecular formula is C25H30Cl2N6O5. The lowest BCUT2D eigenvalue weighted by Crippen LogP contribution is -2.40. The zero-order valence-electron chi connectivity index (χ0n) is 21.2. The van der Waals surface area contributed by atoms with Crippen molar-refractivity contribution in [3.63, 3.8) is 0 Å². The van der Waals surface area contributed by atoms with Crippen LogP contribution in [0.25, 0.3) is 11.2 Å². The molecule has 2 heterocycles. The number of nitrogens with one attached hydrogen (secondary N) is 1. The van der Waals surface area contributed by atoms with E-state index in [1.807, 2.05) is 0 Å². The van der Waals surface area contributed by atoms with E-state index >= 15 is 0 Å². The molecule has 1 aromatic carbocycles. The van der Waals surface area contributed by atoms with E-state index < -0.39 is 17.2 Å². The quantitative estimate of drug-likeness (QED) is 0.380. The second kappa shape index (κ2) is 11.6. The summed E-state index contributed by atoms with van der Waals surface area (Å²) in [6.45, 7) is 2.14. The maximum absolute atomic E-state index is 13.7. The number of aromatic nitrogens is 4. The zero-order chi connectivity index (χ0) is 27.6. The minimum Gasteiger partial charge on any atom is -0.466 e. The van der Waals surface area contributed by atoms with E-state index in [1.165, 1.54) is 11.6 Å². The number of ether oxygens (including phenoxy) is 1. The van der Waals surface area contributed by atoms with Gasteiger partial charge in [-0.15, -0.1) is 0 Å². The number of benzene rings is 1. The topological polar surface area (TPSA) is 143 Å². The predicted molar refractivity (Wildman–Crippen MR) is 145 cm³/mol. The van der Waals surface area contributed by atoms with Crippen molar-refractivity contribution in [2.24, 2.45) is 18.7 Å². The van der Waals surface area contributed by atoms with Gasteiger partial charge in [0, 0.05) is 26.1 Å². The van der Waals surface area contributed by atoms with E-state index in [1.54, 1.807) is 29.7 Å². The molecule has 1 fully saturated rings. The number of halogens is 2. The first-order valence-electron chi connectivity index (χ1n) is 12.5. The van der Waals surface area contributed by atoms with Gasteiger partial charge >= 0.3 is 11.7 Å². The third-order valence-corrected chi connectivity index (χ3v) is 7.51. The van der Waals surface area contributed by atoms with Gasteiger partial charge in [0.05, 0.1) is 29.1 Å². The average Bonchev–Trinajstić information content (AvgIpc) is 3.24. The van der Waals surface area contributed by atoms with Crippen LogP contribution in [0.5, 0.6) is 0 Å². The molecule has 1 aliphatic rings. The molecule has 2 atom stereocenters. The molecule has 11 nitrogen and oxygen atoms in total. The number of rotatable bonds is 9. The van der Waals surface area contributed by atoms with Gasteiger partial charge in [0.25, 0.3) is 5.56 Å². The first kappa shape index (κ1) is 27.7. The Morgan fingerprint density at radius 2 is 1.95 bits per heavy atom. The van der Waals surface area contributed by atoms with Gasteiger partial charge in [-0.05, 0) is 43.9 Å². The molecule has 204 valence electrons. The standard InChI is InChI=1S/C25H30Cl2N6O5/c1-3-38-23(36)15-5-4-6-16(12-15)29-24-30-21-20(32(24)10-9-19(28)34)22(35)33(25(37)31(21)2)13-14-7-8-17(26)18(27)11-14/h7-8,11,15-16H,3-6,9-10,12-13H2,1-2H3,(H2,28,34)(H,29,30).